The number of aromatic nitrogens is 2. The molecule has 2 fully saturated rings. The van der Waals surface area contributed by atoms with Gasteiger partial charge in [-0.3, -0.25) is 9.69 Å². The van der Waals surface area contributed by atoms with Crippen molar-refractivity contribution in [1.82, 2.24) is 15.0 Å². The van der Waals surface area contributed by atoms with E-state index in [0.29, 0.717) is 25.0 Å². The van der Waals surface area contributed by atoms with E-state index in [2.05, 4.69) is 22.0 Å². The van der Waals surface area contributed by atoms with Crippen molar-refractivity contribution in [2.45, 2.75) is 51.5 Å². The molecule has 1 aliphatic heterocycles. The van der Waals surface area contributed by atoms with E-state index in [1.54, 1.807) is 0 Å². The Hall–Kier alpha value is -1.43. The van der Waals surface area contributed by atoms with E-state index in [1.165, 1.54) is 12.8 Å². The van der Waals surface area contributed by atoms with E-state index in [4.69, 9.17) is 9.26 Å². The Morgan fingerprint density at radius 1 is 1.48 bits per heavy atom. The predicted molar refractivity (Wildman–Crippen MR) is 75.6 cm³/mol. The molecule has 2 heterocycles. The van der Waals surface area contributed by atoms with Crippen LogP contribution in [0.2, 0.25) is 0 Å². The van der Waals surface area contributed by atoms with Gasteiger partial charge in [0.2, 0.25) is 5.89 Å². The van der Waals surface area contributed by atoms with Gasteiger partial charge in [-0.2, -0.15) is 4.98 Å². The first kappa shape index (κ1) is 14.5. The zero-order valence-corrected chi connectivity index (χ0v) is 12.7. The summed E-state index contributed by atoms with van der Waals surface area (Å²) in [5.41, 5.74) is 0. The minimum Gasteiger partial charge on any atom is -0.466 e. The molecule has 0 radical (unpaired) electrons. The summed E-state index contributed by atoms with van der Waals surface area (Å²) in [6, 6.07) is 0.0576. The number of likely N-dealkylation sites (tertiary alicyclic amines) is 1. The molecule has 1 aromatic rings. The van der Waals surface area contributed by atoms with Crippen molar-refractivity contribution in [2.24, 2.45) is 5.92 Å². The Labute approximate surface area is 124 Å². The summed E-state index contributed by atoms with van der Waals surface area (Å²) in [4.78, 5) is 18.7. The summed E-state index contributed by atoms with van der Waals surface area (Å²) in [5, 5.41) is 4.07. The van der Waals surface area contributed by atoms with E-state index in [0.717, 1.165) is 25.2 Å². The Balaban J connectivity index is 1.62. The topological polar surface area (TPSA) is 68.5 Å². The molecule has 3 rings (SSSR count). The van der Waals surface area contributed by atoms with Crippen molar-refractivity contribution < 1.29 is 14.1 Å². The van der Waals surface area contributed by atoms with Crippen LogP contribution < -0.4 is 0 Å². The molecule has 1 aliphatic carbocycles. The number of carbonyl (C=O) groups excluding carboxylic acids is 1. The highest BCUT2D eigenvalue weighted by atomic mass is 16.5. The van der Waals surface area contributed by atoms with Gasteiger partial charge in [0.1, 0.15) is 0 Å². The highest BCUT2D eigenvalue weighted by Crippen LogP contribution is 2.38. The second kappa shape index (κ2) is 6.13. The molecule has 1 saturated heterocycles. The summed E-state index contributed by atoms with van der Waals surface area (Å²) >= 11 is 0. The van der Waals surface area contributed by atoms with Gasteiger partial charge in [0.25, 0.3) is 0 Å². The van der Waals surface area contributed by atoms with Crippen LogP contribution in [-0.2, 0) is 9.53 Å². The molecule has 6 nitrogen and oxygen atoms in total. The summed E-state index contributed by atoms with van der Waals surface area (Å²) in [6.07, 6.45) is 4.24. The normalized spacial score (nSPS) is 24.8. The van der Waals surface area contributed by atoms with Crippen LogP contribution in [0.1, 0.15) is 63.2 Å². The van der Waals surface area contributed by atoms with Crippen molar-refractivity contribution >= 4 is 5.97 Å². The van der Waals surface area contributed by atoms with Crippen LogP contribution in [0.3, 0.4) is 0 Å². The van der Waals surface area contributed by atoms with Gasteiger partial charge in [0, 0.05) is 12.5 Å². The molecule has 6 heteroatoms. The highest BCUT2D eigenvalue weighted by molar-refractivity contribution is 5.72. The quantitative estimate of drug-likeness (QED) is 0.776. The predicted octanol–water partition coefficient (Wildman–Crippen LogP) is 2.28. The smallest absolute Gasteiger partial charge is 0.310 e. The molecular formula is C15H23N3O3. The maximum atomic E-state index is 11.9. The maximum absolute atomic E-state index is 11.9. The average Bonchev–Trinajstić information content (AvgIpc) is 3.24. The van der Waals surface area contributed by atoms with Crippen LogP contribution in [-0.4, -0.2) is 40.7 Å². The molecule has 1 saturated carbocycles. The van der Waals surface area contributed by atoms with Crippen molar-refractivity contribution in [2.75, 3.05) is 19.7 Å². The van der Waals surface area contributed by atoms with E-state index in [1.807, 2.05) is 6.92 Å². The molecule has 0 spiro atoms. The number of esters is 1. The van der Waals surface area contributed by atoms with Gasteiger partial charge in [0.05, 0.1) is 18.6 Å². The molecule has 0 N–H and O–H groups in total. The zero-order chi connectivity index (χ0) is 14.8. The second-order valence-corrected chi connectivity index (χ2v) is 6.03. The molecule has 0 amide bonds. The maximum Gasteiger partial charge on any atom is 0.310 e. The second-order valence-electron chi connectivity index (χ2n) is 6.03. The first-order valence-corrected chi connectivity index (χ1v) is 7.93. The largest absolute Gasteiger partial charge is 0.466 e. The van der Waals surface area contributed by atoms with Gasteiger partial charge in [-0.1, -0.05) is 5.16 Å². The van der Waals surface area contributed by atoms with E-state index in [9.17, 15) is 4.79 Å². The summed E-state index contributed by atoms with van der Waals surface area (Å²) in [7, 11) is 0. The number of hydrogen-bond donors (Lipinski definition) is 0. The van der Waals surface area contributed by atoms with Crippen LogP contribution in [0, 0.1) is 5.92 Å². The molecule has 1 aromatic heterocycles. The lowest BCUT2D eigenvalue weighted by Gasteiger charge is -2.34. The van der Waals surface area contributed by atoms with Crippen molar-refractivity contribution in [3.05, 3.63) is 11.7 Å². The van der Waals surface area contributed by atoms with Crippen molar-refractivity contribution in [1.29, 1.82) is 0 Å². The van der Waals surface area contributed by atoms with Gasteiger partial charge in [-0.05, 0) is 46.1 Å². The lowest BCUT2D eigenvalue weighted by molar-refractivity contribution is -0.150. The summed E-state index contributed by atoms with van der Waals surface area (Å²) in [5.74, 6) is 1.89. The van der Waals surface area contributed by atoms with Crippen molar-refractivity contribution in [3.63, 3.8) is 0 Å². The molecule has 21 heavy (non-hydrogen) atoms. The third kappa shape index (κ3) is 3.26. The third-order valence-electron chi connectivity index (χ3n) is 4.38. The van der Waals surface area contributed by atoms with Gasteiger partial charge < -0.3 is 9.26 Å². The van der Waals surface area contributed by atoms with E-state index >= 15 is 0 Å². The monoisotopic (exact) mass is 293 g/mol. The SMILES string of the molecule is CCOC(=O)[C@H]1CCCN([C@H](C)c2nc(C3CC3)no2)C1. The summed E-state index contributed by atoms with van der Waals surface area (Å²) in [6.45, 7) is 6.02. The Morgan fingerprint density at radius 3 is 3.00 bits per heavy atom. The van der Waals surface area contributed by atoms with Crippen LogP contribution in [0.25, 0.3) is 0 Å². The highest BCUT2D eigenvalue weighted by Gasteiger charge is 2.33. The number of ether oxygens (including phenoxy) is 1. The van der Waals surface area contributed by atoms with E-state index < -0.39 is 0 Å². The fourth-order valence-electron chi connectivity index (χ4n) is 2.89. The first-order chi connectivity index (χ1) is 10.2. The summed E-state index contributed by atoms with van der Waals surface area (Å²) < 4.78 is 10.5. The molecule has 0 unspecified atom stereocenters. The average molecular weight is 293 g/mol. The standard InChI is InChI=1S/C15H23N3O3/c1-3-20-15(19)12-5-4-8-18(9-12)10(2)14-16-13(17-21-14)11-6-7-11/h10-12H,3-9H2,1-2H3/t10-,12+/m1/s1. The van der Waals surface area contributed by atoms with Crippen LogP contribution in [0.4, 0.5) is 0 Å². The third-order valence-corrected chi connectivity index (χ3v) is 4.38. The van der Waals surface area contributed by atoms with E-state index in [-0.39, 0.29) is 17.9 Å². The molecule has 0 bridgehead atoms. The molecule has 2 aliphatic rings. The van der Waals surface area contributed by atoms with Crippen LogP contribution in [0.5, 0.6) is 0 Å². The first-order valence-electron chi connectivity index (χ1n) is 7.93. The zero-order valence-electron chi connectivity index (χ0n) is 12.7. The van der Waals surface area contributed by atoms with Gasteiger partial charge in [-0.25, -0.2) is 0 Å². The van der Waals surface area contributed by atoms with Gasteiger partial charge in [0.15, 0.2) is 5.82 Å². The lowest BCUT2D eigenvalue weighted by Crippen LogP contribution is -2.40. The van der Waals surface area contributed by atoms with Crippen LogP contribution >= 0.6 is 0 Å². The van der Waals surface area contributed by atoms with Gasteiger partial charge in [-0.15, -0.1) is 0 Å². The van der Waals surface area contributed by atoms with Crippen molar-refractivity contribution in [3.8, 4) is 0 Å². The number of carbonyl (C=O) groups is 1. The Bertz CT molecular complexity index is 498. The number of nitrogens with zero attached hydrogens (tertiary/aromatic N) is 3. The minimum atomic E-state index is -0.0846. The molecule has 0 aromatic carbocycles. The Morgan fingerprint density at radius 2 is 2.29 bits per heavy atom. The van der Waals surface area contributed by atoms with Crippen LogP contribution in [0.15, 0.2) is 4.52 Å². The molecular weight excluding hydrogens is 270 g/mol. The fourth-order valence-corrected chi connectivity index (χ4v) is 2.89. The number of hydrogen-bond acceptors (Lipinski definition) is 6. The Kier molecular flexibility index (Phi) is 4.24. The fraction of sp³-hybridized carbons (Fsp3) is 0.800. The number of piperidine rings is 1. The number of rotatable bonds is 5. The molecule has 116 valence electrons. The lowest BCUT2D eigenvalue weighted by atomic mass is 9.97. The van der Waals surface area contributed by atoms with Gasteiger partial charge >= 0.3 is 5.97 Å². The minimum absolute atomic E-state index is 0.0352. The molecule has 2 atom stereocenters.